The van der Waals surface area contributed by atoms with E-state index in [2.05, 4.69) is 9.97 Å². The van der Waals surface area contributed by atoms with Crippen LogP contribution in [-0.2, 0) is 7.05 Å². The molecule has 4 rings (SSSR count). The molecule has 4 nitrogen and oxygen atoms in total. The van der Waals surface area contributed by atoms with Crippen LogP contribution < -0.4 is 0 Å². The van der Waals surface area contributed by atoms with E-state index in [4.69, 9.17) is 0 Å². The Morgan fingerprint density at radius 3 is 2.70 bits per heavy atom. The predicted octanol–water partition coefficient (Wildman–Crippen LogP) is 3.09. The number of benzene rings is 2. The van der Waals surface area contributed by atoms with Crippen molar-refractivity contribution in [2.45, 2.75) is 0 Å². The van der Waals surface area contributed by atoms with Gasteiger partial charge >= 0.3 is 0 Å². The van der Waals surface area contributed by atoms with E-state index < -0.39 is 0 Å². The fraction of sp³-hybridized carbons (Fsp3) is 0.0625. The topological polar surface area (TPSA) is 47.8 Å². The number of carbonyl (C=O) groups is 1. The smallest absolute Gasteiger partial charge is 0.160 e. The van der Waals surface area contributed by atoms with Crippen LogP contribution in [0.15, 0.2) is 42.5 Å². The molecule has 0 amide bonds. The van der Waals surface area contributed by atoms with Crippen LogP contribution in [0.1, 0.15) is 10.4 Å². The maximum Gasteiger partial charge on any atom is 0.160 e. The molecule has 2 aromatic heterocycles. The van der Waals surface area contributed by atoms with Crippen LogP contribution in [0, 0.1) is 0 Å². The van der Waals surface area contributed by atoms with Gasteiger partial charge in [-0.15, -0.1) is 0 Å². The van der Waals surface area contributed by atoms with Gasteiger partial charge in [-0.3, -0.25) is 4.79 Å². The number of para-hydroxylation sites is 2. The Morgan fingerprint density at radius 1 is 1.00 bits per heavy atom. The molecule has 0 aliphatic rings. The highest BCUT2D eigenvalue weighted by atomic mass is 16.1. The highest BCUT2D eigenvalue weighted by Crippen LogP contribution is 2.27. The number of fused-ring (bicyclic) bond motifs is 4. The first-order valence-electron chi connectivity index (χ1n) is 6.38. The molecule has 0 saturated carbocycles. The number of nitrogens with zero attached hydrogens (tertiary/aromatic N) is 3. The van der Waals surface area contributed by atoms with Crippen molar-refractivity contribution in [2.75, 3.05) is 0 Å². The van der Waals surface area contributed by atoms with Crippen molar-refractivity contribution in [3.63, 3.8) is 0 Å². The summed E-state index contributed by atoms with van der Waals surface area (Å²) in [5.74, 6) is 0. The van der Waals surface area contributed by atoms with E-state index in [-0.39, 0.29) is 0 Å². The summed E-state index contributed by atoms with van der Waals surface area (Å²) < 4.78 is 2.03. The first kappa shape index (κ1) is 11.1. The Labute approximate surface area is 114 Å². The Hall–Kier alpha value is -2.75. The van der Waals surface area contributed by atoms with Gasteiger partial charge in [-0.25, -0.2) is 9.97 Å². The van der Waals surface area contributed by atoms with Gasteiger partial charge in [0, 0.05) is 18.0 Å². The second-order valence-electron chi connectivity index (χ2n) is 4.80. The van der Waals surface area contributed by atoms with E-state index in [0.717, 1.165) is 33.9 Å². The van der Waals surface area contributed by atoms with Crippen molar-refractivity contribution in [2.24, 2.45) is 7.05 Å². The summed E-state index contributed by atoms with van der Waals surface area (Å²) in [5.41, 5.74) is 4.74. The minimum atomic E-state index is 0.574. The third-order valence-electron chi connectivity index (χ3n) is 3.67. The first-order chi connectivity index (χ1) is 9.79. The van der Waals surface area contributed by atoms with E-state index in [1.165, 1.54) is 0 Å². The van der Waals surface area contributed by atoms with Gasteiger partial charge < -0.3 is 4.57 Å². The molecule has 96 valence electrons. The van der Waals surface area contributed by atoms with Crippen molar-refractivity contribution in [3.05, 3.63) is 48.0 Å². The molecular weight excluding hydrogens is 250 g/mol. The van der Waals surface area contributed by atoms with Crippen molar-refractivity contribution in [3.8, 4) is 0 Å². The molecule has 20 heavy (non-hydrogen) atoms. The second kappa shape index (κ2) is 3.87. The van der Waals surface area contributed by atoms with Crippen LogP contribution in [0.25, 0.3) is 33.1 Å². The highest BCUT2D eigenvalue weighted by Gasteiger charge is 2.12. The lowest BCUT2D eigenvalue weighted by Gasteiger charge is -2.01. The normalized spacial score (nSPS) is 11.4. The summed E-state index contributed by atoms with van der Waals surface area (Å²) in [6.45, 7) is 0. The standard InChI is InChI=1S/C16H11N3O/c1-19-13-8-3-2-6-11(13)15-16(19)17-12-7-4-5-10(9-20)14(12)18-15/h2-9H,1H3. The lowest BCUT2D eigenvalue weighted by atomic mass is 10.2. The first-order valence-corrected chi connectivity index (χ1v) is 6.38. The fourth-order valence-corrected chi connectivity index (χ4v) is 2.68. The predicted molar refractivity (Wildman–Crippen MR) is 78.9 cm³/mol. The van der Waals surface area contributed by atoms with E-state index in [0.29, 0.717) is 11.1 Å². The molecule has 2 aromatic carbocycles. The molecule has 0 atom stereocenters. The summed E-state index contributed by atoms with van der Waals surface area (Å²) in [6, 6.07) is 13.5. The SMILES string of the molecule is Cn1c2ccccc2c2nc3c(C=O)cccc3nc21. The average molecular weight is 261 g/mol. The molecular formula is C16H11N3O. The molecule has 2 heterocycles. The Bertz CT molecular complexity index is 985. The van der Waals surface area contributed by atoms with E-state index in [1.807, 2.05) is 48.0 Å². The summed E-state index contributed by atoms with van der Waals surface area (Å²) in [4.78, 5) is 20.5. The van der Waals surface area contributed by atoms with E-state index in [9.17, 15) is 4.79 Å². The highest BCUT2D eigenvalue weighted by molar-refractivity contribution is 6.07. The maximum atomic E-state index is 11.2. The Morgan fingerprint density at radius 2 is 1.85 bits per heavy atom. The zero-order valence-corrected chi connectivity index (χ0v) is 10.9. The van der Waals surface area contributed by atoms with Crippen molar-refractivity contribution >= 4 is 39.4 Å². The maximum absolute atomic E-state index is 11.2. The van der Waals surface area contributed by atoms with Crippen molar-refractivity contribution < 1.29 is 4.79 Å². The molecule has 0 unspecified atom stereocenters. The van der Waals surface area contributed by atoms with Crippen molar-refractivity contribution in [1.82, 2.24) is 14.5 Å². The molecule has 0 aliphatic carbocycles. The number of hydrogen-bond acceptors (Lipinski definition) is 3. The summed E-state index contributed by atoms with van der Waals surface area (Å²) in [7, 11) is 1.98. The van der Waals surface area contributed by atoms with Crippen LogP contribution >= 0.6 is 0 Å². The lowest BCUT2D eigenvalue weighted by Crippen LogP contribution is -1.94. The second-order valence-corrected chi connectivity index (χ2v) is 4.80. The number of aldehydes is 1. The molecule has 0 radical (unpaired) electrons. The zero-order chi connectivity index (χ0) is 13.7. The van der Waals surface area contributed by atoms with Gasteiger partial charge in [0.15, 0.2) is 11.9 Å². The number of carbonyl (C=O) groups excluding carboxylic acids is 1. The molecule has 0 fully saturated rings. The van der Waals surface area contributed by atoms with Crippen molar-refractivity contribution in [1.29, 1.82) is 0 Å². The van der Waals surface area contributed by atoms with Gasteiger partial charge in [0.25, 0.3) is 0 Å². The minimum Gasteiger partial charge on any atom is -0.327 e. The molecule has 0 saturated heterocycles. The van der Waals surface area contributed by atoms with Gasteiger partial charge in [-0.05, 0) is 18.2 Å². The molecule has 0 N–H and O–H groups in total. The fourth-order valence-electron chi connectivity index (χ4n) is 2.68. The quantitative estimate of drug-likeness (QED) is 0.495. The van der Waals surface area contributed by atoms with Crippen LogP contribution in [0.2, 0.25) is 0 Å². The average Bonchev–Trinajstić information content (AvgIpc) is 2.78. The van der Waals surface area contributed by atoms with E-state index in [1.54, 1.807) is 6.07 Å². The van der Waals surface area contributed by atoms with E-state index >= 15 is 0 Å². The van der Waals surface area contributed by atoms with Crippen LogP contribution in [0.5, 0.6) is 0 Å². The molecule has 0 spiro atoms. The monoisotopic (exact) mass is 261 g/mol. The Kier molecular flexibility index (Phi) is 2.15. The molecule has 4 aromatic rings. The lowest BCUT2D eigenvalue weighted by molar-refractivity contribution is 0.112. The van der Waals surface area contributed by atoms with Crippen LogP contribution in [0.4, 0.5) is 0 Å². The number of aryl methyl sites for hydroxylation is 1. The third-order valence-corrected chi connectivity index (χ3v) is 3.67. The zero-order valence-electron chi connectivity index (χ0n) is 10.9. The van der Waals surface area contributed by atoms with Crippen LogP contribution in [0.3, 0.4) is 0 Å². The van der Waals surface area contributed by atoms with Gasteiger partial charge in [0.2, 0.25) is 0 Å². The summed E-state index contributed by atoms with van der Waals surface area (Å²) in [6.07, 6.45) is 0.827. The molecule has 4 heteroatoms. The number of hydrogen-bond donors (Lipinski definition) is 0. The third kappa shape index (κ3) is 1.33. The van der Waals surface area contributed by atoms with Gasteiger partial charge in [-0.1, -0.05) is 24.3 Å². The summed E-state index contributed by atoms with van der Waals surface area (Å²) in [5, 5.41) is 1.06. The molecule has 0 aliphatic heterocycles. The largest absolute Gasteiger partial charge is 0.327 e. The number of rotatable bonds is 1. The minimum absolute atomic E-state index is 0.574. The Balaban J connectivity index is 2.29. The molecule has 0 bridgehead atoms. The van der Waals surface area contributed by atoms with Gasteiger partial charge in [0.05, 0.1) is 11.0 Å². The van der Waals surface area contributed by atoms with Gasteiger partial charge in [-0.2, -0.15) is 0 Å². The number of aromatic nitrogens is 3. The van der Waals surface area contributed by atoms with Crippen LogP contribution in [-0.4, -0.2) is 20.8 Å². The summed E-state index contributed by atoms with van der Waals surface area (Å²) >= 11 is 0. The van der Waals surface area contributed by atoms with Gasteiger partial charge in [0.1, 0.15) is 11.0 Å².